The maximum atomic E-state index is 13.3. The highest BCUT2D eigenvalue weighted by atomic mass is 127. The van der Waals surface area contributed by atoms with E-state index in [4.69, 9.17) is 4.74 Å². The van der Waals surface area contributed by atoms with Gasteiger partial charge in [-0.3, -0.25) is 9.59 Å². The molecular formula is C23H17BrIN3O3. The van der Waals surface area contributed by atoms with Gasteiger partial charge in [-0.2, -0.15) is 0 Å². The average Bonchev–Trinajstić information content (AvgIpc) is 3.15. The standard InChI is InChI=1S/C23H17BrIN3O3/c1-23(2)21(24)17(28-22(25)16(26-27-28)12-8-4-3-5-9-12)15-19(30)18(29)13-10-6-7-11-14(13)20(15)31-23/h3-11,17,21H,1-2H3/t17-,21+/m0/s1. The number of nitrogens with zero attached hydrogens (tertiary/aromatic N) is 3. The van der Waals surface area contributed by atoms with E-state index in [1.54, 1.807) is 16.8 Å². The molecule has 0 unspecified atom stereocenters. The molecule has 0 amide bonds. The van der Waals surface area contributed by atoms with Crippen LogP contribution in [-0.2, 0) is 9.53 Å². The van der Waals surface area contributed by atoms with E-state index in [0.29, 0.717) is 22.5 Å². The van der Waals surface area contributed by atoms with Gasteiger partial charge in [-0.05, 0) is 36.4 Å². The number of rotatable bonds is 2. The van der Waals surface area contributed by atoms with E-state index >= 15 is 0 Å². The number of fused-ring (bicyclic) bond motifs is 2. The minimum absolute atomic E-state index is 0.312. The highest BCUT2D eigenvalue weighted by Gasteiger charge is 2.51. The zero-order chi connectivity index (χ0) is 21.9. The van der Waals surface area contributed by atoms with Crippen LogP contribution in [-0.4, -0.2) is 37.0 Å². The van der Waals surface area contributed by atoms with Crippen LogP contribution in [0.15, 0.2) is 60.2 Å². The van der Waals surface area contributed by atoms with Crippen molar-refractivity contribution in [2.45, 2.75) is 30.3 Å². The van der Waals surface area contributed by atoms with E-state index in [1.165, 1.54) is 0 Å². The van der Waals surface area contributed by atoms with Crippen LogP contribution in [0.5, 0.6) is 0 Å². The smallest absolute Gasteiger partial charge is 0.235 e. The van der Waals surface area contributed by atoms with Crippen LogP contribution in [0.2, 0.25) is 0 Å². The third kappa shape index (κ3) is 3.10. The van der Waals surface area contributed by atoms with Crippen molar-refractivity contribution in [2.75, 3.05) is 0 Å². The fourth-order valence-corrected chi connectivity index (χ4v) is 5.47. The topological polar surface area (TPSA) is 74.1 Å². The van der Waals surface area contributed by atoms with E-state index in [-0.39, 0.29) is 4.83 Å². The summed E-state index contributed by atoms with van der Waals surface area (Å²) in [5.74, 6) is -0.648. The molecule has 1 aromatic heterocycles. The van der Waals surface area contributed by atoms with E-state index in [1.807, 2.05) is 56.3 Å². The molecular weight excluding hydrogens is 573 g/mol. The molecule has 5 rings (SSSR count). The Morgan fingerprint density at radius 2 is 1.65 bits per heavy atom. The van der Waals surface area contributed by atoms with Crippen LogP contribution in [0.25, 0.3) is 17.0 Å². The molecule has 8 heteroatoms. The van der Waals surface area contributed by atoms with Gasteiger partial charge in [-0.1, -0.05) is 75.7 Å². The van der Waals surface area contributed by atoms with Crippen molar-refractivity contribution in [2.24, 2.45) is 0 Å². The number of carbonyl (C=O) groups is 2. The highest BCUT2D eigenvalue weighted by molar-refractivity contribution is 14.1. The van der Waals surface area contributed by atoms with Crippen LogP contribution < -0.4 is 0 Å². The van der Waals surface area contributed by atoms with E-state index in [2.05, 4.69) is 48.8 Å². The number of alkyl halides is 1. The summed E-state index contributed by atoms with van der Waals surface area (Å²) in [6.07, 6.45) is 0. The predicted octanol–water partition coefficient (Wildman–Crippen LogP) is 4.84. The monoisotopic (exact) mass is 589 g/mol. The maximum Gasteiger partial charge on any atom is 0.235 e. The summed E-state index contributed by atoms with van der Waals surface area (Å²) in [6, 6.07) is 16.3. The Hall–Kier alpha value is -2.33. The van der Waals surface area contributed by atoms with Crippen molar-refractivity contribution in [3.05, 3.63) is 75.0 Å². The van der Waals surface area contributed by atoms with Crippen LogP contribution in [0.4, 0.5) is 0 Å². The Bertz CT molecular complexity index is 1270. The summed E-state index contributed by atoms with van der Waals surface area (Å²) >= 11 is 5.94. The normalized spacial score (nSPS) is 22.1. The minimum atomic E-state index is -0.667. The molecule has 2 aromatic carbocycles. The lowest BCUT2D eigenvalue weighted by Crippen LogP contribution is -2.49. The molecule has 0 radical (unpaired) electrons. The Morgan fingerprint density at radius 3 is 2.35 bits per heavy atom. The summed E-state index contributed by atoms with van der Waals surface area (Å²) in [6.45, 7) is 3.91. The molecule has 0 bridgehead atoms. The second-order valence-corrected chi connectivity index (χ2v) is 10.0. The van der Waals surface area contributed by atoms with Gasteiger partial charge in [-0.15, -0.1) is 5.10 Å². The van der Waals surface area contributed by atoms with Crippen molar-refractivity contribution >= 4 is 55.8 Å². The Labute approximate surface area is 200 Å². The maximum absolute atomic E-state index is 13.3. The molecule has 2 aliphatic rings. The molecule has 0 spiro atoms. The molecule has 2 heterocycles. The first-order valence-corrected chi connectivity index (χ1v) is 11.7. The number of halogens is 2. The molecule has 0 fully saturated rings. The molecule has 2 atom stereocenters. The fourth-order valence-electron chi connectivity index (χ4n) is 4.08. The van der Waals surface area contributed by atoms with Crippen LogP contribution >= 0.6 is 38.5 Å². The van der Waals surface area contributed by atoms with E-state index in [9.17, 15) is 9.59 Å². The lowest BCUT2D eigenvalue weighted by molar-refractivity contribution is -0.113. The van der Waals surface area contributed by atoms with E-state index in [0.717, 1.165) is 15.0 Å². The number of allylic oxidation sites excluding steroid dienone is 1. The number of aromatic nitrogens is 3. The van der Waals surface area contributed by atoms with Gasteiger partial charge < -0.3 is 4.74 Å². The number of carbonyl (C=O) groups excluding carboxylic acids is 2. The van der Waals surface area contributed by atoms with E-state index < -0.39 is 23.2 Å². The van der Waals surface area contributed by atoms with Crippen LogP contribution in [0.1, 0.15) is 35.8 Å². The molecule has 31 heavy (non-hydrogen) atoms. The number of hydrogen-bond donors (Lipinski definition) is 0. The first kappa shape index (κ1) is 20.6. The molecule has 6 nitrogen and oxygen atoms in total. The SMILES string of the molecule is CC1(C)OC2=C(C(=O)C(=O)c3ccccc32)[C@H](n2nnc(-c3ccccc3)c2I)[C@H]1Br. The number of benzene rings is 2. The van der Waals surface area contributed by atoms with Crippen molar-refractivity contribution in [1.82, 2.24) is 15.0 Å². The van der Waals surface area contributed by atoms with Crippen LogP contribution in [0, 0.1) is 3.70 Å². The number of ether oxygens (including phenoxy) is 1. The lowest BCUT2D eigenvalue weighted by atomic mass is 9.79. The molecule has 3 aromatic rings. The first-order valence-electron chi connectivity index (χ1n) is 9.73. The molecule has 1 aliphatic carbocycles. The van der Waals surface area contributed by atoms with Gasteiger partial charge in [0.25, 0.3) is 0 Å². The zero-order valence-electron chi connectivity index (χ0n) is 16.7. The summed E-state index contributed by atoms with van der Waals surface area (Å²) < 4.78 is 8.82. The Kier molecular flexibility index (Phi) is 4.89. The highest BCUT2D eigenvalue weighted by Crippen LogP contribution is 2.49. The Morgan fingerprint density at radius 1 is 1.00 bits per heavy atom. The van der Waals surface area contributed by atoms with Gasteiger partial charge in [-0.25, -0.2) is 4.68 Å². The van der Waals surface area contributed by atoms with Gasteiger partial charge >= 0.3 is 0 Å². The fraction of sp³-hybridized carbons (Fsp3) is 0.217. The minimum Gasteiger partial charge on any atom is -0.485 e. The summed E-state index contributed by atoms with van der Waals surface area (Å²) in [7, 11) is 0. The molecule has 156 valence electrons. The van der Waals surface area contributed by atoms with Crippen molar-refractivity contribution in [1.29, 1.82) is 0 Å². The number of hydrogen-bond acceptors (Lipinski definition) is 5. The number of Topliss-reactive ketones (excluding diaryl/α,β-unsaturated/α-hetero) is 2. The largest absolute Gasteiger partial charge is 0.485 e. The second-order valence-electron chi connectivity index (χ2n) is 8.04. The van der Waals surface area contributed by atoms with Gasteiger partial charge in [0.15, 0.2) is 0 Å². The van der Waals surface area contributed by atoms with Gasteiger partial charge in [0.05, 0.1) is 10.4 Å². The zero-order valence-corrected chi connectivity index (χ0v) is 20.4. The summed E-state index contributed by atoms with van der Waals surface area (Å²) in [5.41, 5.74) is 2.31. The molecule has 0 N–H and O–H groups in total. The predicted molar refractivity (Wildman–Crippen MR) is 128 cm³/mol. The number of ketones is 2. The van der Waals surface area contributed by atoms with Crippen LogP contribution in [0.3, 0.4) is 0 Å². The van der Waals surface area contributed by atoms with Crippen molar-refractivity contribution < 1.29 is 14.3 Å². The van der Waals surface area contributed by atoms with Crippen molar-refractivity contribution in [3.8, 4) is 11.3 Å². The molecule has 0 saturated heterocycles. The van der Waals surface area contributed by atoms with Gasteiger partial charge in [0.2, 0.25) is 11.6 Å². The van der Waals surface area contributed by atoms with Crippen molar-refractivity contribution in [3.63, 3.8) is 0 Å². The molecule has 1 aliphatic heterocycles. The third-order valence-electron chi connectivity index (χ3n) is 5.66. The lowest BCUT2D eigenvalue weighted by Gasteiger charge is -2.44. The Balaban J connectivity index is 1.75. The van der Waals surface area contributed by atoms with Gasteiger partial charge in [0, 0.05) is 16.7 Å². The average molecular weight is 590 g/mol. The first-order chi connectivity index (χ1) is 14.8. The second kappa shape index (κ2) is 7.37. The quantitative estimate of drug-likeness (QED) is 0.243. The third-order valence-corrected chi connectivity index (χ3v) is 8.27. The van der Waals surface area contributed by atoms with Gasteiger partial charge in [0.1, 0.15) is 26.8 Å². The summed E-state index contributed by atoms with van der Waals surface area (Å²) in [5, 5.41) is 8.81. The molecule has 0 saturated carbocycles. The summed E-state index contributed by atoms with van der Waals surface area (Å²) in [4.78, 5) is 25.9.